The van der Waals surface area contributed by atoms with Gasteiger partial charge in [0.2, 0.25) is 0 Å². The molecule has 0 amide bonds. The Labute approximate surface area is 153 Å². The number of pyridine rings is 1. The van der Waals surface area contributed by atoms with E-state index in [0.29, 0.717) is 24.6 Å². The van der Waals surface area contributed by atoms with E-state index in [0.717, 1.165) is 17.0 Å². The molecule has 0 fully saturated rings. The standard InChI is InChI=1S/C17H21FN4.HI/c1-12-7-8-14(9-16(12)18)10-20-17(19-3)21-11-15-6-4-5-13(2)22-15;/h4-9H,10-11H2,1-3H3,(H2,19,20,21);1H. The number of halogens is 2. The highest BCUT2D eigenvalue weighted by molar-refractivity contribution is 14.0. The van der Waals surface area contributed by atoms with Gasteiger partial charge in [-0.3, -0.25) is 9.98 Å². The number of rotatable bonds is 4. The summed E-state index contributed by atoms with van der Waals surface area (Å²) in [5.41, 5.74) is 3.46. The Kier molecular flexibility index (Phi) is 7.94. The number of hydrogen-bond acceptors (Lipinski definition) is 2. The molecule has 0 aliphatic carbocycles. The van der Waals surface area contributed by atoms with E-state index >= 15 is 0 Å². The molecule has 6 heteroatoms. The number of guanidine groups is 1. The maximum Gasteiger partial charge on any atom is 0.191 e. The van der Waals surface area contributed by atoms with Crippen molar-refractivity contribution in [1.82, 2.24) is 15.6 Å². The van der Waals surface area contributed by atoms with Crippen molar-refractivity contribution in [3.8, 4) is 0 Å². The molecule has 4 nitrogen and oxygen atoms in total. The smallest absolute Gasteiger partial charge is 0.191 e. The zero-order valence-corrected chi connectivity index (χ0v) is 15.9. The van der Waals surface area contributed by atoms with E-state index in [1.54, 1.807) is 20.0 Å². The predicted molar refractivity (Wildman–Crippen MR) is 103 cm³/mol. The molecular formula is C17H22FIN4. The van der Waals surface area contributed by atoms with Crippen LogP contribution < -0.4 is 10.6 Å². The third kappa shape index (κ3) is 6.13. The van der Waals surface area contributed by atoms with Crippen LogP contribution in [0.5, 0.6) is 0 Å². The molecule has 2 N–H and O–H groups in total. The van der Waals surface area contributed by atoms with Crippen molar-refractivity contribution < 1.29 is 4.39 Å². The van der Waals surface area contributed by atoms with Gasteiger partial charge in [-0.15, -0.1) is 24.0 Å². The normalized spacial score (nSPS) is 10.9. The van der Waals surface area contributed by atoms with Gasteiger partial charge >= 0.3 is 0 Å². The van der Waals surface area contributed by atoms with Crippen LogP contribution in [0.25, 0.3) is 0 Å². The number of aromatic nitrogens is 1. The number of nitrogens with zero attached hydrogens (tertiary/aromatic N) is 2. The summed E-state index contributed by atoms with van der Waals surface area (Å²) in [4.78, 5) is 8.58. The number of aryl methyl sites for hydroxylation is 2. The van der Waals surface area contributed by atoms with Crippen molar-refractivity contribution in [2.24, 2.45) is 4.99 Å². The minimum atomic E-state index is -0.189. The highest BCUT2D eigenvalue weighted by Gasteiger charge is 2.02. The molecule has 0 aliphatic rings. The minimum Gasteiger partial charge on any atom is -0.352 e. The summed E-state index contributed by atoms with van der Waals surface area (Å²) >= 11 is 0. The number of benzene rings is 1. The second-order valence-electron chi connectivity index (χ2n) is 5.13. The summed E-state index contributed by atoms with van der Waals surface area (Å²) in [5, 5.41) is 6.35. The van der Waals surface area contributed by atoms with Crippen LogP contribution in [0.4, 0.5) is 4.39 Å². The third-order valence-corrected chi connectivity index (χ3v) is 3.30. The molecule has 1 aromatic carbocycles. The highest BCUT2D eigenvalue weighted by atomic mass is 127. The van der Waals surface area contributed by atoms with Crippen LogP contribution >= 0.6 is 24.0 Å². The molecule has 0 radical (unpaired) electrons. The van der Waals surface area contributed by atoms with E-state index < -0.39 is 0 Å². The SMILES string of the molecule is CN=C(NCc1ccc(C)c(F)c1)NCc1cccc(C)n1.I. The first-order valence-corrected chi connectivity index (χ1v) is 7.20. The van der Waals surface area contributed by atoms with Crippen molar-refractivity contribution in [2.75, 3.05) is 7.05 Å². The topological polar surface area (TPSA) is 49.3 Å². The maximum atomic E-state index is 13.5. The molecular weight excluding hydrogens is 406 g/mol. The van der Waals surface area contributed by atoms with Gasteiger partial charge in [0.15, 0.2) is 5.96 Å². The Morgan fingerprint density at radius 3 is 2.52 bits per heavy atom. The van der Waals surface area contributed by atoms with Crippen LogP contribution in [0.1, 0.15) is 22.5 Å². The zero-order chi connectivity index (χ0) is 15.9. The highest BCUT2D eigenvalue weighted by Crippen LogP contribution is 2.08. The Morgan fingerprint density at radius 2 is 1.87 bits per heavy atom. The quantitative estimate of drug-likeness (QED) is 0.447. The molecule has 0 atom stereocenters. The van der Waals surface area contributed by atoms with Gasteiger partial charge in [-0.2, -0.15) is 0 Å². The molecule has 0 bridgehead atoms. The lowest BCUT2D eigenvalue weighted by Gasteiger charge is -2.12. The number of nitrogens with one attached hydrogen (secondary N) is 2. The van der Waals surface area contributed by atoms with E-state index in [1.165, 1.54) is 6.07 Å². The molecule has 0 unspecified atom stereocenters. The summed E-state index contributed by atoms with van der Waals surface area (Å²) in [7, 11) is 1.70. The Bertz CT molecular complexity index is 673. The molecule has 23 heavy (non-hydrogen) atoms. The lowest BCUT2D eigenvalue weighted by atomic mass is 10.1. The summed E-state index contributed by atoms with van der Waals surface area (Å²) in [6, 6.07) is 11.1. The number of hydrogen-bond donors (Lipinski definition) is 2. The monoisotopic (exact) mass is 428 g/mol. The molecule has 0 spiro atoms. The van der Waals surface area contributed by atoms with Gasteiger partial charge in [0.25, 0.3) is 0 Å². The molecule has 2 rings (SSSR count). The van der Waals surface area contributed by atoms with Crippen LogP contribution in [0.3, 0.4) is 0 Å². The van der Waals surface area contributed by atoms with Gasteiger partial charge in [0, 0.05) is 19.3 Å². The Morgan fingerprint density at radius 1 is 1.13 bits per heavy atom. The van der Waals surface area contributed by atoms with Crippen molar-refractivity contribution in [3.63, 3.8) is 0 Å². The van der Waals surface area contributed by atoms with E-state index in [9.17, 15) is 4.39 Å². The Hall–Kier alpha value is -1.70. The first kappa shape index (κ1) is 19.3. The molecule has 0 aliphatic heterocycles. The second-order valence-corrected chi connectivity index (χ2v) is 5.13. The fourth-order valence-electron chi connectivity index (χ4n) is 2.02. The molecule has 0 saturated heterocycles. The van der Waals surface area contributed by atoms with E-state index in [-0.39, 0.29) is 29.8 Å². The maximum absolute atomic E-state index is 13.5. The van der Waals surface area contributed by atoms with Gasteiger partial charge in [0.05, 0.1) is 12.2 Å². The number of aliphatic imine (C=N–C) groups is 1. The predicted octanol–water partition coefficient (Wildman–Crippen LogP) is 3.32. The van der Waals surface area contributed by atoms with E-state index in [4.69, 9.17) is 0 Å². The van der Waals surface area contributed by atoms with Crippen molar-refractivity contribution in [3.05, 3.63) is 64.7 Å². The average molecular weight is 428 g/mol. The van der Waals surface area contributed by atoms with Crippen LogP contribution in [-0.2, 0) is 13.1 Å². The van der Waals surface area contributed by atoms with Crippen LogP contribution in [0.15, 0.2) is 41.4 Å². The minimum absolute atomic E-state index is 0. The molecule has 1 aromatic heterocycles. The van der Waals surface area contributed by atoms with Crippen molar-refractivity contribution >= 4 is 29.9 Å². The largest absolute Gasteiger partial charge is 0.352 e. The summed E-state index contributed by atoms with van der Waals surface area (Å²) in [5.74, 6) is 0.468. The summed E-state index contributed by atoms with van der Waals surface area (Å²) < 4.78 is 13.5. The van der Waals surface area contributed by atoms with Crippen molar-refractivity contribution in [2.45, 2.75) is 26.9 Å². The van der Waals surface area contributed by atoms with Gasteiger partial charge in [-0.05, 0) is 43.2 Å². The third-order valence-electron chi connectivity index (χ3n) is 3.30. The second kappa shape index (κ2) is 9.44. The van der Waals surface area contributed by atoms with Crippen LogP contribution in [0.2, 0.25) is 0 Å². The van der Waals surface area contributed by atoms with Crippen LogP contribution in [-0.4, -0.2) is 18.0 Å². The van der Waals surface area contributed by atoms with E-state index in [2.05, 4.69) is 20.6 Å². The fraction of sp³-hybridized carbons (Fsp3) is 0.294. The summed E-state index contributed by atoms with van der Waals surface area (Å²) in [6.45, 7) is 4.81. The average Bonchev–Trinajstić information content (AvgIpc) is 2.51. The van der Waals surface area contributed by atoms with Gasteiger partial charge in [-0.1, -0.05) is 18.2 Å². The first-order chi connectivity index (χ1) is 10.6. The van der Waals surface area contributed by atoms with Crippen LogP contribution in [0, 0.1) is 19.7 Å². The molecule has 2 aromatic rings. The first-order valence-electron chi connectivity index (χ1n) is 7.20. The van der Waals surface area contributed by atoms with Gasteiger partial charge < -0.3 is 10.6 Å². The molecule has 0 saturated carbocycles. The van der Waals surface area contributed by atoms with Crippen molar-refractivity contribution in [1.29, 1.82) is 0 Å². The molecule has 1 heterocycles. The van der Waals surface area contributed by atoms with Gasteiger partial charge in [0.1, 0.15) is 5.82 Å². The lowest BCUT2D eigenvalue weighted by molar-refractivity contribution is 0.615. The van der Waals surface area contributed by atoms with Gasteiger partial charge in [-0.25, -0.2) is 4.39 Å². The fourth-order valence-corrected chi connectivity index (χ4v) is 2.02. The Balaban J connectivity index is 0.00000264. The lowest BCUT2D eigenvalue weighted by Crippen LogP contribution is -2.36. The van der Waals surface area contributed by atoms with E-state index in [1.807, 2.05) is 31.2 Å². The summed E-state index contributed by atoms with van der Waals surface area (Å²) in [6.07, 6.45) is 0. The molecule has 124 valence electrons. The zero-order valence-electron chi connectivity index (χ0n) is 13.6.